The van der Waals surface area contributed by atoms with Crippen LogP contribution in [0.15, 0.2) is 58.3 Å². The van der Waals surface area contributed by atoms with E-state index in [9.17, 15) is 4.39 Å². The van der Waals surface area contributed by atoms with Crippen molar-refractivity contribution in [3.63, 3.8) is 0 Å². The Kier molecular flexibility index (Phi) is 5.45. The predicted molar refractivity (Wildman–Crippen MR) is 102 cm³/mol. The van der Waals surface area contributed by atoms with Crippen molar-refractivity contribution in [2.24, 2.45) is 4.99 Å². The minimum Gasteiger partial charge on any atom is -0.368 e. The highest BCUT2D eigenvalue weighted by Gasteiger charge is 2.34. The largest absolute Gasteiger partial charge is 0.368 e. The lowest BCUT2D eigenvalue weighted by molar-refractivity contribution is 0.427. The van der Waals surface area contributed by atoms with E-state index in [-0.39, 0.29) is 18.0 Å². The minimum atomic E-state index is -0.291. The van der Waals surface area contributed by atoms with Crippen LogP contribution in [0.1, 0.15) is 24.1 Å². The number of halogens is 2. The number of allylic oxidation sites excluding steroid dienone is 1. The van der Waals surface area contributed by atoms with E-state index < -0.39 is 0 Å². The van der Waals surface area contributed by atoms with Crippen LogP contribution in [0.5, 0.6) is 0 Å². The summed E-state index contributed by atoms with van der Waals surface area (Å²) in [5.41, 5.74) is 4.96. The minimum absolute atomic E-state index is 0.156. The highest BCUT2D eigenvalue weighted by molar-refractivity contribution is 9.11. The lowest BCUT2D eigenvalue weighted by Crippen LogP contribution is -2.42. The maximum absolute atomic E-state index is 14.0. The summed E-state index contributed by atoms with van der Waals surface area (Å²) < 4.78 is 15.0. The van der Waals surface area contributed by atoms with Gasteiger partial charge in [-0.1, -0.05) is 40.2 Å². The van der Waals surface area contributed by atoms with Crippen molar-refractivity contribution in [3.8, 4) is 0 Å². The Labute approximate surface area is 154 Å². The van der Waals surface area contributed by atoms with E-state index in [0.717, 1.165) is 15.9 Å². The molecule has 130 valence electrons. The van der Waals surface area contributed by atoms with Crippen LogP contribution in [0.2, 0.25) is 0 Å². The molecule has 0 radical (unpaired) electrons. The molecule has 0 fully saturated rings. The zero-order valence-corrected chi connectivity index (χ0v) is 15.4. The molecule has 0 saturated carbocycles. The van der Waals surface area contributed by atoms with Gasteiger partial charge in [-0.15, -0.1) is 0 Å². The third-order valence-corrected chi connectivity index (χ3v) is 4.18. The van der Waals surface area contributed by atoms with E-state index in [1.165, 1.54) is 6.07 Å². The molecule has 3 rings (SSSR count). The summed E-state index contributed by atoms with van der Waals surface area (Å²) in [6.07, 6.45) is 3.27. The molecule has 0 aliphatic carbocycles. The monoisotopic (exact) mass is 403 g/mol. The first kappa shape index (κ1) is 17.6. The standard InChI is InChI=1S/C18H19BrFN5/c1-12(19)10-23-17(21-2)16-14-7-5-9-22-18(14)25(24-16)11-13-6-3-4-8-15(13)20/h3-10,16-17,23-24H,2,11H2,1H3/b12-10+. The van der Waals surface area contributed by atoms with Crippen LogP contribution >= 0.6 is 15.9 Å². The van der Waals surface area contributed by atoms with Crippen LogP contribution in [0.25, 0.3) is 0 Å². The Balaban J connectivity index is 1.87. The zero-order chi connectivity index (χ0) is 17.8. The van der Waals surface area contributed by atoms with Crippen molar-refractivity contribution < 1.29 is 4.39 Å². The normalized spacial score (nSPS) is 18.0. The van der Waals surface area contributed by atoms with Gasteiger partial charge in [-0.05, 0) is 25.8 Å². The first-order chi connectivity index (χ1) is 12.1. The smallest absolute Gasteiger partial charge is 0.148 e. The van der Waals surface area contributed by atoms with Gasteiger partial charge in [-0.25, -0.2) is 14.8 Å². The van der Waals surface area contributed by atoms with Crippen LogP contribution in [0.4, 0.5) is 10.2 Å². The van der Waals surface area contributed by atoms with Gasteiger partial charge in [0.15, 0.2) is 0 Å². The average molecular weight is 404 g/mol. The highest BCUT2D eigenvalue weighted by atomic mass is 79.9. The van der Waals surface area contributed by atoms with Gasteiger partial charge >= 0.3 is 0 Å². The number of aromatic nitrogens is 1. The number of nitrogens with zero attached hydrogens (tertiary/aromatic N) is 3. The second-order valence-electron chi connectivity index (χ2n) is 5.73. The van der Waals surface area contributed by atoms with E-state index in [0.29, 0.717) is 12.1 Å². The second kappa shape index (κ2) is 7.76. The molecule has 1 aromatic carbocycles. The maximum atomic E-state index is 14.0. The molecule has 5 nitrogen and oxygen atoms in total. The van der Waals surface area contributed by atoms with Gasteiger partial charge in [0.25, 0.3) is 0 Å². The van der Waals surface area contributed by atoms with Gasteiger partial charge in [-0.3, -0.25) is 10.0 Å². The Morgan fingerprint density at radius 2 is 2.28 bits per heavy atom. The molecule has 0 bridgehead atoms. The molecule has 2 N–H and O–H groups in total. The van der Waals surface area contributed by atoms with Gasteiger partial charge in [0.2, 0.25) is 0 Å². The van der Waals surface area contributed by atoms with Crippen LogP contribution in [-0.4, -0.2) is 17.9 Å². The number of nitrogens with one attached hydrogen (secondary N) is 2. The molecule has 7 heteroatoms. The Hall–Kier alpha value is -2.25. The summed E-state index contributed by atoms with van der Waals surface area (Å²) in [4.78, 5) is 8.64. The molecular weight excluding hydrogens is 385 g/mol. The molecule has 0 spiro atoms. The lowest BCUT2D eigenvalue weighted by Gasteiger charge is -2.24. The number of hydrazine groups is 1. The van der Waals surface area contributed by atoms with E-state index in [1.807, 2.05) is 36.3 Å². The molecule has 1 aliphatic heterocycles. The number of pyridine rings is 1. The summed E-state index contributed by atoms with van der Waals surface area (Å²) >= 11 is 3.39. The number of fused-ring (bicyclic) bond motifs is 1. The van der Waals surface area contributed by atoms with E-state index in [2.05, 4.69) is 43.4 Å². The quantitative estimate of drug-likeness (QED) is 0.722. The SMILES string of the molecule is C=NC(N/C=C(\C)Br)C1NN(Cc2ccccc2F)c2ncccc21. The van der Waals surface area contributed by atoms with Crippen molar-refractivity contribution in [2.45, 2.75) is 25.7 Å². The molecule has 0 saturated heterocycles. The van der Waals surface area contributed by atoms with E-state index in [4.69, 9.17) is 0 Å². The summed E-state index contributed by atoms with van der Waals surface area (Å²) in [6.45, 7) is 5.97. The number of hydrogen-bond acceptors (Lipinski definition) is 5. The number of anilines is 1. The molecule has 2 aromatic rings. The second-order valence-corrected chi connectivity index (χ2v) is 6.98. The maximum Gasteiger partial charge on any atom is 0.148 e. The molecule has 25 heavy (non-hydrogen) atoms. The fourth-order valence-electron chi connectivity index (χ4n) is 2.79. The molecule has 1 aromatic heterocycles. The van der Waals surface area contributed by atoms with Gasteiger partial charge in [0.05, 0.1) is 12.6 Å². The fourth-order valence-corrected chi connectivity index (χ4v) is 2.92. The summed E-state index contributed by atoms with van der Waals surface area (Å²) in [5, 5.41) is 5.07. The van der Waals surface area contributed by atoms with Crippen LogP contribution < -0.4 is 15.8 Å². The molecule has 2 unspecified atom stereocenters. The van der Waals surface area contributed by atoms with Gasteiger partial charge in [0, 0.05) is 28.0 Å². The van der Waals surface area contributed by atoms with Crippen LogP contribution in [-0.2, 0) is 6.54 Å². The van der Waals surface area contributed by atoms with Gasteiger partial charge in [0.1, 0.15) is 17.8 Å². The summed E-state index contributed by atoms with van der Waals surface area (Å²) in [6, 6.07) is 10.5. The lowest BCUT2D eigenvalue weighted by atomic mass is 10.1. The molecule has 1 aliphatic rings. The van der Waals surface area contributed by atoms with Crippen molar-refractivity contribution >= 4 is 28.5 Å². The Morgan fingerprint density at radius 3 is 3.00 bits per heavy atom. The Bertz CT molecular complexity index is 791. The number of hydrogen-bond donors (Lipinski definition) is 2. The summed E-state index contributed by atoms with van der Waals surface area (Å²) in [7, 11) is 0. The van der Waals surface area contributed by atoms with E-state index >= 15 is 0 Å². The first-order valence-corrected chi connectivity index (χ1v) is 8.65. The highest BCUT2D eigenvalue weighted by Crippen LogP contribution is 2.34. The first-order valence-electron chi connectivity index (χ1n) is 7.86. The topological polar surface area (TPSA) is 52.6 Å². The van der Waals surface area contributed by atoms with E-state index in [1.54, 1.807) is 18.3 Å². The molecule has 2 atom stereocenters. The van der Waals surface area contributed by atoms with Crippen molar-refractivity contribution in [3.05, 3.63) is 70.2 Å². The fraction of sp³-hybridized carbons (Fsp3) is 0.222. The third kappa shape index (κ3) is 3.88. The summed E-state index contributed by atoms with van der Waals surface area (Å²) in [5.74, 6) is 0.533. The zero-order valence-electron chi connectivity index (χ0n) is 13.8. The van der Waals surface area contributed by atoms with Crippen molar-refractivity contribution in [2.75, 3.05) is 5.01 Å². The number of benzene rings is 1. The number of rotatable bonds is 6. The van der Waals surface area contributed by atoms with Crippen LogP contribution in [0.3, 0.4) is 0 Å². The van der Waals surface area contributed by atoms with Crippen molar-refractivity contribution in [1.29, 1.82) is 0 Å². The molecule has 0 amide bonds. The molecule has 2 heterocycles. The van der Waals surface area contributed by atoms with Crippen molar-refractivity contribution in [1.82, 2.24) is 15.7 Å². The van der Waals surface area contributed by atoms with Gasteiger partial charge < -0.3 is 5.32 Å². The number of aliphatic imine (C=N–C) groups is 1. The van der Waals surface area contributed by atoms with Gasteiger partial charge in [-0.2, -0.15) is 0 Å². The van der Waals surface area contributed by atoms with Crippen LogP contribution in [0, 0.1) is 5.82 Å². The predicted octanol–water partition coefficient (Wildman–Crippen LogP) is 3.66. The third-order valence-electron chi connectivity index (χ3n) is 3.95. The average Bonchev–Trinajstić information content (AvgIpc) is 2.96. The molecular formula is C18H19BrFN5. The Morgan fingerprint density at radius 1 is 1.48 bits per heavy atom.